The van der Waals surface area contributed by atoms with E-state index in [4.69, 9.17) is 0 Å². The molecule has 2 aromatic rings. The molecule has 0 aliphatic rings. The molecular formula is C17H18F4N4O5. The minimum absolute atomic E-state index is 0.139. The third kappa shape index (κ3) is 5.10. The molecule has 0 aliphatic heterocycles. The summed E-state index contributed by atoms with van der Waals surface area (Å²) in [5, 5.41) is 36.1. The van der Waals surface area contributed by atoms with Gasteiger partial charge in [-0.2, -0.15) is 5.10 Å². The lowest BCUT2D eigenvalue weighted by molar-refractivity contribution is -0.384. The summed E-state index contributed by atoms with van der Waals surface area (Å²) in [5.74, 6) is -0.971. The summed E-state index contributed by atoms with van der Waals surface area (Å²) in [7, 11) is 0. The van der Waals surface area contributed by atoms with Crippen LogP contribution in [-0.4, -0.2) is 43.5 Å². The molecule has 3 N–H and O–H groups in total. The summed E-state index contributed by atoms with van der Waals surface area (Å²) < 4.78 is 52.3. The fourth-order valence-electron chi connectivity index (χ4n) is 2.67. The van der Waals surface area contributed by atoms with Gasteiger partial charge in [0.05, 0.1) is 17.6 Å². The molecule has 0 saturated carbocycles. The van der Waals surface area contributed by atoms with Crippen LogP contribution in [0.4, 0.5) is 23.2 Å². The van der Waals surface area contributed by atoms with Gasteiger partial charge < -0.3 is 15.5 Å². The van der Waals surface area contributed by atoms with Crippen LogP contribution in [0.25, 0.3) is 0 Å². The smallest absolute Gasteiger partial charge is 0.282 e. The number of hydrogen-bond donors (Lipinski definition) is 3. The summed E-state index contributed by atoms with van der Waals surface area (Å²) in [5.41, 5.74) is -1.91. The van der Waals surface area contributed by atoms with Crippen LogP contribution in [0.2, 0.25) is 0 Å². The lowest BCUT2D eigenvalue weighted by atomic mass is 10.0. The van der Waals surface area contributed by atoms with Crippen molar-refractivity contribution >= 4 is 11.6 Å². The SMILES string of the molecule is CC(C(=O)NC(CO)C(O)c1ccc([N+](=O)[O-])cc1)n1nc(C(F)F)cc1C(F)F. The van der Waals surface area contributed by atoms with Crippen LogP contribution in [0, 0.1) is 10.1 Å². The number of carbonyl (C=O) groups is 1. The number of alkyl halides is 4. The Morgan fingerprint density at radius 1 is 1.23 bits per heavy atom. The topological polar surface area (TPSA) is 131 Å². The molecule has 0 bridgehead atoms. The number of nitrogens with zero attached hydrogens (tertiary/aromatic N) is 3. The maximum absolute atomic E-state index is 13.1. The second kappa shape index (κ2) is 9.63. The van der Waals surface area contributed by atoms with Gasteiger partial charge in [0, 0.05) is 12.1 Å². The van der Waals surface area contributed by atoms with E-state index in [0.717, 1.165) is 19.1 Å². The molecule has 3 atom stereocenters. The average Bonchev–Trinajstić information content (AvgIpc) is 3.17. The molecule has 0 radical (unpaired) electrons. The molecule has 0 aliphatic carbocycles. The van der Waals surface area contributed by atoms with Crippen molar-refractivity contribution in [1.29, 1.82) is 0 Å². The molecule has 0 spiro atoms. The molecule has 9 nitrogen and oxygen atoms in total. The van der Waals surface area contributed by atoms with Gasteiger partial charge in [-0.1, -0.05) is 0 Å². The number of carbonyl (C=O) groups excluding carboxylic acids is 1. The van der Waals surface area contributed by atoms with Crippen molar-refractivity contribution in [3.8, 4) is 0 Å². The number of nitro benzene ring substituents is 1. The van der Waals surface area contributed by atoms with E-state index in [9.17, 15) is 42.7 Å². The van der Waals surface area contributed by atoms with Crippen molar-refractivity contribution < 1.29 is 37.5 Å². The van der Waals surface area contributed by atoms with Gasteiger partial charge in [-0.05, 0) is 30.7 Å². The molecule has 1 heterocycles. The van der Waals surface area contributed by atoms with Gasteiger partial charge >= 0.3 is 0 Å². The van der Waals surface area contributed by atoms with E-state index in [0.29, 0.717) is 10.7 Å². The zero-order valence-corrected chi connectivity index (χ0v) is 15.5. The molecule has 1 amide bonds. The molecule has 1 aromatic carbocycles. The van der Waals surface area contributed by atoms with Gasteiger partial charge in [0.1, 0.15) is 23.5 Å². The first kappa shape index (κ1) is 23.2. The van der Waals surface area contributed by atoms with Crippen molar-refractivity contribution in [3.63, 3.8) is 0 Å². The van der Waals surface area contributed by atoms with E-state index < -0.39 is 59.9 Å². The van der Waals surface area contributed by atoms with E-state index in [2.05, 4.69) is 10.4 Å². The average molecular weight is 434 g/mol. The molecular weight excluding hydrogens is 416 g/mol. The first-order chi connectivity index (χ1) is 14.1. The number of benzene rings is 1. The number of amides is 1. The van der Waals surface area contributed by atoms with Crippen LogP contribution >= 0.6 is 0 Å². The number of rotatable bonds is 9. The zero-order chi connectivity index (χ0) is 22.6. The molecule has 3 unspecified atom stereocenters. The largest absolute Gasteiger partial charge is 0.394 e. The van der Waals surface area contributed by atoms with Crippen molar-refractivity contribution in [2.24, 2.45) is 0 Å². The van der Waals surface area contributed by atoms with Crippen LogP contribution in [0.5, 0.6) is 0 Å². The van der Waals surface area contributed by atoms with Crippen molar-refractivity contribution in [3.05, 3.63) is 57.4 Å². The first-order valence-electron chi connectivity index (χ1n) is 8.56. The van der Waals surface area contributed by atoms with Crippen LogP contribution in [-0.2, 0) is 4.79 Å². The highest BCUT2D eigenvalue weighted by atomic mass is 19.3. The second-order valence-electron chi connectivity index (χ2n) is 6.31. The van der Waals surface area contributed by atoms with Crippen LogP contribution in [0.3, 0.4) is 0 Å². The maximum atomic E-state index is 13.1. The predicted octanol–water partition coefficient (Wildman–Crippen LogP) is 2.44. The summed E-state index contributed by atoms with van der Waals surface area (Å²) >= 11 is 0. The van der Waals surface area contributed by atoms with E-state index in [1.165, 1.54) is 12.1 Å². The zero-order valence-electron chi connectivity index (χ0n) is 15.5. The Labute approximate surface area is 167 Å². The molecule has 2 rings (SSSR count). The number of nitro groups is 1. The Kier molecular flexibility index (Phi) is 7.45. The summed E-state index contributed by atoms with van der Waals surface area (Å²) in [6.07, 6.45) is -7.77. The highest BCUT2D eigenvalue weighted by molar-refractivity contribution is 5.80. The van der Waals surface area contributed by atoms with Gasteiger partial charge in [0.2, 0.25) is 5.91 Å². The maximum Gasteiger partial charge on any atom is 0.282 e. The molecule has 0 fully saturated rings. The summed E-state index contributed by atoms with van der Waals surface area (Å²) in [6, 6.07) is 2.40. The number of hydrogen-bond acceptors (Lipinski definition) is 6. The quantitative estimate of drug-likeness (QED) is 0.316. The number of nitrogens with one attached hydrogen (secondary N) is 1. The van der Waals surface area contributed by atoms with Gasteiger partial charge in [-0.25, -0.2) is 17.6 Å². The monoisotopic (exact) mass is 434 g/mol. The Hall–Kier alpha value is -3.06. The molecule has 1 aromatic heterocycles. The Balaban J connectivity index is 2.19. The fraction of sp³-hybridized carbons (Fsp3) is 0.412. The van der Waals surface area contributed by atoms with Gasteiger partial charge in [-0.3, -0.25) is 19.6 Å². The van der Waals surface area contributed by atoms with Crippen molar-refractivity contribution in [2.75, 3.05) is 6.61 Å². The molecule has 13 heteroatoms. The van der Waals surface area contributed by atoms with Gasteiger partial charge in [0.25, 0.3) is 18.5 Å². The van der Waals surface area contributed by atoms with Gasteiger partial charge in [0.15, 0.2) is 0 Å². The third-order valence-corrected chi connectivity index (χ3v) is 4.33. The number of halogens is 4. The number of aromatic nitrogens is 2. The van der Waals surface area contributed by atoms with Crippen molar-refractivity contribution in [2.45, 2.75) is 38.0 Å². The molecule has 30 heavy (non-hydrogen) atoms. The highest BCUT2D eigenvalue weighted by Crippen LogP contribution is 2.28. The lowest BCUT2D eigenvalue weighted by Gasteiger charge is -2.25. The summed E-state index contributed by atoms with van der Waals surface area (Å²) in [4.78, 5) is 22.5. The number of aliphatic hydroxyl groups excluding tert-OH is 2. The third-order valence-electron chi connectivity index (χ3n) is 4.33. The lowest BCUT2D eigenvalue weighted by Crippen LogP contribution is -2.44. The van der Waals surface area contributed by atoms with Crippen LogP contribution in [0.1, 0.15) is 48.9 Å². The molecule has 0 saturated heterocycles. The number of aliphatic hydroxyl groups is 2. The minimum atomic E-state index is -3.17. The first-order valence-corrected chi connectivity index (χ1v) is 8.56. The standard InChI is InChI=1S/C17H18F4N4O5/c1-8(24-13(16(20)21)6-11(23-24)15(18)19)17(28)22-12(7-26)14(27)9-2-4-10(5-3-9)25(29)30/h2-6,8,12,14-16,26-27H,7H2,1H3,(H,22,28). The van der Waals surface area contributed by atoms with E-state index in [-0.39, 0.29) is 11.3 Å². The molecule has 164 valence electrons. The Morgan fingerprint density at radius 2 is 1.83 bits per heavy atom. The van der Waals surface area contributed by atoms with E-state index >= 15 is 0 Å². The Morgan fingerprint density at radius 3 is 2.30 bits per heavy atom. The Bertz CT molecular complexity index is 891. The van der Waals surface area contributed by atoms with Crippen LogP contribution < -0.4 is 5.32 Å². The fourth-order valence-corrected chi connectivity index (χ4v) is 2.67. The van der Waals surface area contributed by atoms with E-state index in [1.54, 1.807) is 0 Å². The predicted molar refractivity (Wildman–Crippen MR) is 93.9 cm³/mol. The normalized spacial score (nSPS) is 14.6. The van der Waals surface area contributed by atoms with E-state index in [1.807, 2.05) is 0 Å². The summed E-state index contributed by atoms with van der Waals surface area (Å²) in [6.45, 7) is 0.371. The van der Waals surface area contributed by atoms with Crippen molar-refractivity contribution in [1.82, 2.24) is 15.1 Å². The minimum Gasteiger partial charge on any atom is -0.394 e. The van der Waals surface area contributed by atoms with Crippen LogP contribution in [0.15, 0.2) is 30.3 Å². The number of non-ortho nitro benzene ring substituents is 1. The highest BCUT2D eigenvalue weighted by Gasteiger charge is 2.30. The van der Waals surface area contributed by atoms with Gasteiger partial charge in [-0.15, -0.1) is 0 Å². The second-order valence-corrected chi connectivity index (χ2v) is 6.31.